The topological polar surface area (TPSA) is 74.6 Å². The van der Waals surface area contributed by atoms with Crippen LogP contribution in [0.1, 0.15) is 48.8 Å². The van der Waals surface area contributed by atoms with Crippen LogP contribution in [0, 0.1) is 0 Å². The molecule has 1 unspecified atom stereocenters. The molecule has 1 atom stereocenters. The minimum absolute atomic E-state index is 0.0244. The lowest BCUT2D eigenvalue weighted by Gasteiger charge is -2.33. The van der Waals surface area contributed by atoms with E-state index in [2.05, 4.69) is 22.0 Å². The van der Waals surface area contributed by atoms with Gasteiger partial charge in [0.05, 0.1) is 0 Å². The van der Waals surface area contributed by atoms with Crippen molar-refractivity contribution in [2.45, 2.75) is 43.9 Å². The molecule has 1 aromatic rings. The number of benzene rings is 1. The van der Waals surface area contributed by atoms with Gasteiger partial charge in [-0.2, -0.15) is 0 Å². The van der Waals surface area contributed by atoms with E-state index in [1.165, 1.54) is 5.56 Å². The molecule has 0 bridgehead atoms. The molecule has 2 aliphatic rings. The molecule has 3 rings (SSSR count). The summed E-state index contributed by atoms with van der Waals surface area (Å²) >= 11 is 3.48. The SMILES string of the molecule is CC1=C(C(=O)O)CC(C(=O)O)(c2cccc(C3CC3)c2CCBr)C=C1. The normalized spacial score (nSPS) is 23.0. The van der Waals surface area contributed by atoms with E-state index in [1.807, 2.05) is 12.1 Å². The number of hydrogen-bond acceptors (Lipinski definition) is 2. The van der Waals surface area contributed by atoms with E-state index in [0.29, 0.717) is 11.5 Å². The van der Waals surface area contributed by atoms with Crippen molar-refractivity contribution in [3.63, 3.8) is 0 Å². The number of alkyl halides is 1. The molecule has 0 saturated heterocycles. The van der Waals surface area contributed by atoms with E-state index in [0.717, 1.165) is 35.7 Å². The van der Waals surface area contributed by atoms with Crippen LogP contribution in [0.3, 0.4) is 0 Å². The van der Waals surface area contributed by atoms with Gasteiger partial charge in [-0.1, -0.05) is 46.3 Å². The minimum Gasteiger partial charge on any atom is -0.480 e. The van der Waals surface area contributed by atoms with Gasteiger partial charge in [-0.15, -0.1) is 0 Å². The third kappa shape index (κ3) is 3.17. The van der Waals surface area contributed by atoms with Crippen LogP contribution in [0.4, 0.5) is 0 Å². The van der Waals surface area contributed by atoms with Gasteiger partial charge < -0.3 is 10.2 Å². The lowest BCUT2D eigenvalue weighted by atomic mass is 9.69. The van der Waals surface area contributed by atoms with Crippen molar-refractivity contribution in [1.82, 2.24) is 0 Å². The van der Waals surface area contributed by atoms with Crippen LogP contribution in [0.15, 0.2) is 41.5 Å². The third-order valence-corrected chi connectivity index (χ3v) is 5.64. The summed E-state index contributed by atoms with van der Waals surface area (Å²) in [5.41, 5.74) is 2.46. The molecule has 132 valence electrons. The Morgan fingerprint density at radius 1 is 1.28 bits per heavy atom. The maximum atomic E-state index is 12.3. The van der Waals surface area contributed by atoms with Crippen molar-refractivity contribution >= 4 is 27.9 Å². The highest BCUT2D eigenvalue weighted by atomic mass is 79.9. The molecule has 25 heavy (non-hydrogen) atoms. The van der Waals surface area contributed by atoms with Crippen LogP contribution in [0.2, 0.25) is 0 Å². The molecule has 1 aromatic carbocycles. The van der Waals surface area contributed by atoms with Gasteiger partial charge in [-0.05, 0) is 54.4 Å². The molecule has 5 heteroatoms. The predicted molar refractivity (Wildman–Crippen MR) is 99.3 cm³/mol. The smallest absolute Gasteiger partial charge is 0.331 e. The standard InChI is InChI=1S/C20H21BrO4/c1-12-7-9-20(19(24)25,11-16(12)18(22)23)17-4-2-3-14(13-5-6-13)15(17)8-10-21/h2-4,7,9,13H,5-6,8,10-11H2,1H3,(H,22,23)(H,24,25). The zero-order valence-corrected chi connectivity index (χ0v) is 15.7. The first-order valence-electron chi connectivity index (χ1n) is 8.44. The predicted octanol–water partition coefficient (Wildman–Crippen LogP) is 4.18. The number of allylic oxidation sites excluding steroid dienone is 2. The second-order valence-corrected chi connectivity index (χ2v) is 7.63. The highest BCUT2D eigenvalue weighted by Gasteiger charge is 2.44. The molecule has 2 N–H and O–H groups in total. The summed E-state index contributed by atoms with van der Waals surface area (Å²) in [7, 11) is 0. The van der Waals surface area contributed by atoms with Gasteiger partial charge in [0.15, 0.2) is 0 Å². The Balaban J connectivity index is 2.18. The van der Waals surface area contributed by atoms with Crippen LogP contribution in [0.25, 0.3) is 0 Å². The molecule has 4 nitrogen and oxygen atoms in total. The number of carboxylic acids is 2. The van der Waals surface area contributed by atoms with Crippen LogP contribution < -0.4 is 0 Å². The lowest BCUT2D eigenvalue weighted by molar-refractivity contribution is -0.142. The fraction of sp³-hybridized carbons (Fsp3) is 0.400. The van der Waals surface area contributed by atoms with Gasteiger partial charge in [0.25, 0.3) is 0 Å². The van der Waals surface area contributed by atoms with Gasteiger partial charge in [-0.3, -0.25) is 4.79 Å². The van der Waals surface area contributed by atoms with Crippen LogP contribution in [-0.4, -0.2) is 27.5 Å². The second kappa shape index (κ2) is 6.79. The van der Waals surface area contributed by atoms with Crippen molar-refractivity contribution in [3.05, 3.63) is 58.2 Å². The van der Waals surface area contributed by atoms with E-state index >= 15 is 0 Å². The van der Waals surface area contributed by atoms with Crippen LogP contribution in [0.5, 0.6) is 0 Å². The molecule has 0 aliphatic heterocycles. The van der Waals surface area contributed by atoms with E-state index in [9.17, 15) is 19.8 Å². The second-order valence-electron chi connectivity index (χ2n) is 6.84. The Morgan fingerprint density at radius 3 is 2.56 bits per heavy atom. The van der Waals surface area contributed by atoms with Gasteiger partial charge in [0.1, 0.15) is 5.41 Å². The number of carboxylic acid groups (broad SMARTS) is 2. The molecule has 0 aromatic heterocycles. The van der Waals surface area contributed by atoms with Gasteiger partial charge in [0, 0.05) is 17.3 Å². The number of aliphatic carboxylic acids is 2. The Kier molecular flexibility index (Phi) is 4.87. The molecule has 1 fully saturated rings. The van der Waals surface area contributed by atoms with Crippen LogP contribution >= 0.6 is 15.9 Å². The quantitative estimate of drug-likeness (QED) is 0.697. The monoisotopic (exact) mass is 404 g/mol. The van der Waals surface area contributed by atoms with E-state index < -0.39 is 17.4 Å². The number of rotatable bonds is 6. The first kappa shape index (κ1) is 17.9. The summed E-state index contributed by atoms with van der Waals surface area (Å²) in [5.74, 6) is -1.55. The summed E-state index contributed by atoms with van der Waals surface area (Å²) in [6.45, 7) is 1.71. The average Bonchev–Trinajstić information content (AvgIpc) is 3.40. The first-order chi connectivity index (χ1) is 11.9. The van der Waals surface area contributed by atoms with Crippen molar-refractivity contribution in [2.75, 3.05) is 5.33 Å². The fourth-order valence-electron chi connectivity index (χ4n) is 3.71. The maximum absolute atomic E-state index is 12.3. The van der Waals surface area contributed by atoms with Gasteiger partial charge in [-0.25, -0.2) is 4.79 Å². The van der Waals surface area contributed by atoms with E-state index in [4.69, 9.17) is 0 Å². The molecular weight excluding hydrogens is 384 g/mol. The lowest BCUT2D eigenvalue weighted by Crippen LogP contribution is -2.38. The minimum atomic E-state index is -1.32. The maximum Gasteiger partial charge on any atom is 0.331 e. The van der Waals surface area contributed by atoms with Crippen molar-refractivity contribution < 1.29 is 19.8 Å². The zero-order valence-electron chi connectivity index (χ0n) is 14.1. The zero-order chi connectivity index (χ0) is 18.2. The molecule has 0 radical (unpaired) electrons. The highest BCUT2D eigenvalue weighted by Crippen LogP contribution is 2.46. The average molecular weight is 405 g/mol. The molecule has 2 aliphatic carbocycles. The highest BCUT2D eigenvalue weighted by molar-refractivity contribution is 9.09. The Hall–Kier alpha value is -1.88. The van der Waals surface area contributed by atoms with Gasteiger partial charge in [0.2, 0.25) is 0 Å². The fourth-order valence-corrected chi connectivity index (χ4v) is 4.11. The Bertz CT molecular complexity index is 789. The first-order valence-corrected chi connectivity index (χ1v) is 9.56. The van der Waals surface area contributed by atoms with Crippen LogP contribution in [-0.2, 0) is 21.4 Å². The Morgan fingerprint density at radius 2 is 2.00 bits per heavy atom. The van der Waals surface area contributed by atoms with Crippen molar-refractivity contribution in [2.24, 2.45) is 0 Å². The summed E-state index contributed by atoms with van der Waals surface area (Å²) < 4.78 is 0. The number of halogens is 1. The van der Waals surface area contributed by atoms with Crippen molar-refractivity contribution in [1.29, 1.82) is 0 Å². The molecule has 0 spiro atoms. The number of hydrogen-bond donors (Lipinski definition) is 2. The van der Waals surface area contributed by atoms with Crippen molar-refractivity contribution in [3.8, 4) is 0 Å². The third-order valence-electron chi connectivity index (χ3n) is 5.24. The molecule has 1 saturated carbocycles. The van der Waals surface area contributed by atoms with E-state index in [-0.39, 0.29) is 12.0 Å². The van der Waals surface area contributed by atoms with E-state index in [1.54, 1.807) is 19.1 Å². The summed E-state index contributed by atoms with van der Waals surface area (Å²) in [6, 6.07) is 5.84. The summed E-state index contributed by atoms with van der Waals surface area (Å²) in [6.07, 6.45) is 6.28. The largest absolute Gasteiger partial charge is 0.480 e. The Labute approximate surface area is 155 Å². The molecule has 0 amide bonds. The number of carbonyl (C=O) groups is 2. The summed E-state index contributed by atoms with van der Waals surface area (Å²) in [5, 5.41) is 20.3. The molecule has 0 heterocycles. The van der Waals surface area contributed by atoms with Gasteiger partial charge >= 0.3 is 11.9 Å². The molecular formula is C20H21BrO4. The summed E-state index contributed by atoms with van der Waals surface area (Å²) in [4.78, 5) is 23.9.